The fraction of sp³-hybridized carbons (Fsp3) is 0.778. The number of methoxy groups -OCH3 is 1. The third-order valence-electron chi connectivity index (χ3n) is 1.53. The molecule has 1 N–H and O–H groups in total. The number of carbonyl (C=O) groups excluding carboxylic acids is 2. The Hall–Kier alpha value is -1.06. The highest BCUT2D eigenvalue weighted by atomic mass is 16.5. The summed E-state index contributed by atoms with van der Waals surface area (Å²) >= 11 is 0. The van der Waals surface area contributed by atoms with Crippen LogP contribution in [0.4, 0.5) is 0 Å². The molecule has 0 fully saturated rings. The first-order valence-corrected chi connectivity index (χ1v) is 4.23. The van der Waals surface area contributed by atoms with E-state index in [1.807, 2.05) is 0 Å². The minimum atomic E-state index is -0.839. The third-order valence-corrected chi connectivity index (χ3v) is 1.53. The highest BCUT2D eigenvalue weighted by molar-refractivity contribution is 6.32. The molecule has 4 nitrogen and oxygen atoms in total. The minimum absolute atomic E-state index is 0.156. The van der Waals surface area contributed by atoms with Crippen LogP contribution in [0.2, 0.25) is 0 Å². The largest absolute Gasteiger partial charge is 0.462 e. The summed E-state index contributed by atoms with van der Waals surface area (Å²) in [6, 6.07) is 0. The second kappa shape index (κ2) is 4.84. The normalized spacial score (nSPS) is 10.8. The van der Waals surface area contributed by atoms with E-state index in [0.29, 0.717) is 6.54 Å². The zero-order chi connectivity index (χ0) is 10.5. The molecule has 0 aliphatic rings. The third kappa shape index (κ3) is 6.13. The van der Waals surface area contributed by atoms with E-state index in [0.717, 1.165) is 6.42 Å². The topological polar surface area (TPSA) is 55.4 Å². The first-order valence-electron chi connectivity index (χ1n) is 4.23. The van der Waals surface area contributed by atoms with Crippen LogP contribution in [0, 0.1) is 5.41 Å². The number of rotatable bonds is 2. The molecule has 0 saturated carbocycles. The van der Waals surface area contributed by atoms with Crippen LogP contribution in [0.5, 0.6) is 0 Å². The molecule has 0 atom stereocenters. The second-order valence-corrected chi connectivity index (χ2v) is 4.06. The maximum absolute atomic E-state index is 10.9. The van der Waals surface area contributed by atoms with Crippen LogP contribution in [0.25, 0.3) is 0 Å². The summed E-state index contributed by atoms with van der Waals surface area (Å²) in [5, 5.41) is 2.48. The summed E-state index contributed by atoms with van der Waals surface area (Å²) in [6.45, 7) is 6.70. The monoisotopic (exact) mass is 187 g/mol. The number of hydrogen-bond donors (Lipinski definition) is 1. The van der Waals surface area contributed by atoms with Crippen molar-refractivity contribution in [1.29, 1.82) is 0 Å². The molecule has 0 unspecified atom stereocenters. The number of esters is 1. The highest BCUT2D eigenvalue weighted by Crippen LogP contribution is 2.16. The Morgan fingerprint density at radius 3 is 2.23 bits per heavy atom. The standard InChI is InChI=1S/C9H17NO3/c1-9(2,3)5-6-10-7(11)8(12)13-4/h5-6H2,1-4H3,(H,10,11). The van der Waals surface area contributed by atoms with Gasteiger partial charge in [-0.1, -0.05) is 20.8 Å². The molecule has 0 spiro atoms. The van der Waals surface area contributed by atoms with Gasteiger partial charge < -0.3 is 10.1 Å². The van der Waals surface area contributed by atoms with Gasteiger partial charge in [-0.05, 0) is 11.8 Å². The molecule has 0 aromatic heterocycles. The van der Waals surface area contributed by atoms with Crippen molar-refractivity contribution in [1.82, 2.24) is 5.32 Å². The van der Waals surface area contributed by atoms with Gasteiger partial charge >= 0.3 is 11.9 Å². The van der Waals surface area contributed by atoms with Crippen molar-refractivity contribution >= 4 is 11.9 Å². The maximum atomic E-state index is 10.9. The molecular weight excluding hydrogens is 170 g/mol. The van der Waals surface area contributed by atoms with E-state index in [2.05, 4.69) is 30.8 Å². The van der Waals surface area contributed by atoms with Crippen molar-refractivity contribution in [3.05, 3.63) is 0 Å². The summed E-state index contributed by atoms with van der Waals surface area (Å²) in [5.74, 6) is -1.51. The van der Waals surface area contributed by atoms with E-state index in [4.69, 9.17) is 0 Å². The smallest absolute Gasteiger partial charge is 0.396 e. The molecule has 0 radical (unpaired) electrons. The van der Waals surface area contributed by atoms with E-state index in [1.54, 1.807) is 0 Å². The fourth-order valence-corrected chi connectivity index (χ4v) is 0.716. The Morgan fingerprint density at radius 2 is 1.85 bits per heavy atom. The van der Waals surface area contributed by atoms with Gasteiger partial charge in [-0.15, -0.1) is 0 Å². The van der Waals surface area contributed by atoms with Crippen LogP contribution >= 0.6 is 0 Å². The molecule has 0 bridgehead atoms. The Morgan fingerprint density at radius 1 is 1.31 bits per heavy atom. The van der Waals surface area contributed by atoms with Gasteiger partial charge in [-0.25, -0.2) is 4.79 Å². The van der Waals surface area contributed by atoms with Crippen molar-refractivity contribution in [2.45, 2.75) is 27.2 Å². The highest BCUT2D eigenvalue weighted by Gasteiger charge is 2.15. The molecule has 13 heavy (non-hydrogen) atoms. The number of carbonyl (C=O) groups is 2. The molecule has 0 aromatic carbocycles. The zero-order valence-corrected chi connectivity index (χ0v) is 8.64. The number of amides is 1. The summed E-state index contributed by atoms with van der Waals surface area (Å²) in [6.07, 6.45) is 0.829. The lowest BCUT2D eigenvalue weighted by molar-refractivity contribution is -0.152. The van der Waals surface area contributed by atoms with E-state index in [1.165, 1.54) is 7.11 Å². The van der Waals surface area contributed by atoms with Gasteiger partial charge in [-0.3, -0.25) is 4.79 Å². The predicted octanol–water partition coefficient (Wildman–Crippen LogP) is 0.712. The van der Waals surface area contributed by atoms with Gasteiger partial charge in [0.05, 0.1) is 7.11 Å². The Bertz CT molecular complexity index is 194. The SMILES string of the molecule is COC(=O)C(=O)NCCC(C)(C)C. The molecule has 0 rings (SSSR count). The molecule has 76 valence electrons. The second-order valence-electron chi connectivity index (χ2n) is 4.06. The van der Waals surface area contributed by atoms with Gasteiger partial charge in [0.2, 0.25) is 0 Å². The van der Waals surface area contributed by atoms with Crippen molar-refractivity contribution < 1.29 is 14.3 Å². The summed E-state index contributed by atoms with van der Waals surface area (Å²) in [7, 11) is 1.19. The molecule has 1 amide bonds. The van der Waals surface area contributed by atoms with Crippen LogP contribution < -0.4 is 5.32 Å². The summed E-state index contributed by atoms with van der Waals surface area (Å²) < 4.78 is 4.24. The molecular formula is C9H17NO3. The van der Waals surface area contributed by atoms with E-state index >= 15 is 0 Å². The summed E-state index contributed by atoms with van der Waals surface area (Å²) in [4.78, 5) is 21.5. The van der Waals surface area contributed by atoms with Gasteiger partial charge in [0, 0.05) is 6.54 Å². The average Bonchev–Trinajstić information content (AvgIpc) is 2.00. The van der Waals surface area contributed by atoms with Crippen LogP contribution in [-0.2, 0) is 14.3 Å². The number of hydrogen-bond acceptors (Lipinski definition) is 3. The molecule has 0 aliphatic heterocycles. The van der Waals surface area contributed by atoms with Crippen molar-refractivity contribution in [3.63, 3.8) is 0 Å². The van der Waals surface area contributed by atoms with Gasteiger partial charge in [0.25, 0.3) is 0 Å². The van der Waals surface area contributed by atoms with Crippen LogP contribution in [0.3, 0.4) is 0 Å². The van der Waals surface area contributed by atoms with Crippen LogP contribution in [0.1, 0.15) is 27.2 Å². The minimum Gasteiger partial charge on any atom is -0.462 e. The first kappa shape index (κ1) is 11.9. The predicted molar refractivity (Wildman–Crippen MR) is 49.1 cm³/mol. The molecule has 0 heterocycles. The van der Waals surface area contributed by atoms with E-state index in [-0.39, 0.29) is 5.41 Å². The van der Waals surface area contributed by atoms with Crippen LogP contribution in [-0.4, -0.2) is 25.5 Å². The Labute approximate surface area is 78.6 Å². The Balaban J connectivity index is 3.66. The van der Waals surface area contributed by atoms with Crippen molar-refractivity contribution in [3.8, 4) is 0 Å². The van der Waals surface area contributed by atoms with Gasteiger partial charge in [0.15, 0.2) is 0 Å². The molecule has 0 saturated heterocycles. The van der Waals surface area contributed by atoms with Gasteiger partial charge in [0.1, 0.15) is 0 Å². The zero-order valence-electron chi connectivity index (χ0n) is 8.64. The quantitative estimate of drug-likeness (QED) is 0.511. The Kier molecular flexibility index (Phi) is 4.45. The van der Waals surface area contributed by atoms with E-state index in [9.17, 15) is 9.59 Å². The van der Waals surface area contributed by atoms with Crippen molar-refractivity contribution in [2.75, 3.05) is 13.7 Å². The van der Waals surface area contributed by atoms with Gasteiger partial charge in [-0.2, -0.15) is 0 Å². The number of ether oxygens (including phenoxy) is 1. The lowest BCUT2D eigenvalue weighted by Gasteiger charge is -2.17. The molecule has 4 heteroatoms. The van der Waals surface area contributed by atoms with Crippen molar-refractivity contribution in [2.24, 2.45) is 5.41 Å². The summed E-state index contributed by atoms with van der Waals surface area (Å²) in [5.41, 5.74) is 0.156. The first-order chi connectivity index (χ1) is 5.87. The maximum Gasteiger partial charge on any atom is 0.396 e. The average molecular weight is 187 g/mol. The number of nitrogens with one attached hydrogen (secondary N) is 1. The molecule has 0 aromatic rings. The lowest BCUT2D eigenvalue weighted by Crippen LogP contribution is -2.33. The lowest BCUT2D eigenvalue weighted by atomic mass is 9.92. The van der Waals surface area contributed by atoms with E-state index < -0.39 is 11.9 Å². The van der Waals surface area contributed by atoms with Crippen LogP contribution in [0.15, 0.2) is 0 Å². The fourth-order valence-electron chi connectivity index (χ4n) is 0.716. The molecule has 0 aliphatic carbocycles.